The van der Waals surface area contributed by atoms with Gasteiger partial charge in [0.25, 0.3) is 0 Å². The van der Waals surface area contributed by atoms with Gasteiger partial charge in [-0.1, -0.05) is 18.6 Å². The predicted molar refractivity (Wildman–Crippen MR) is 48.0 cm³/mol. The molecule has 1 atom stereocenters. The second-order valence-corrected chi connectivity index (χ2v) is 3.06. The first-order chi connectivity index (χ1) is 4.66. The molecule has 0 rings (SSSR count). The van der Waals surface area contributed by atoms with Crippen LogP contribution in [0.2, 0.25) is 0 Å². The number of rotatable bonds is 5. The molecule has 0 N–H and O–H groups in total. The lowest BCUT2D eigenvalue weighted by atomic mass is 10.0. The highest BCUT2D eigenvalue weighted by molar-refractivity contribution is 4.88. The largest absolute Gasteiger partial charge is 0.103 e. The molecule has 0 amide bonds. The summed E-state index contributed by atoms with van der Waals surface area (Å²) in [7, 11) is 0. The SMILES string of the molecule is C=C[C@@H](C)CCCC(=C)C. The van der Waals surface area contributed by atoms with E-state index in [-0.39, 0.29) is 0 Å². The van der Waals surface area contributed by atoms with Crippen LogP contribution >= 0.6 is 0 Å². The van der Waals surface area contributed by atoms with Gasteiger partial charge in [0.15, 0.2) is 0 Å². The van der Waals surface area contributed by atoms with Crippen LogP contribution in [0.1, 0.15) is 33.1 Å². The summed E-state index contributed by atoms with van der Waals surface area (Å²) in [6.45, 7) is 11.9. The first kappa shape index (κ1) is 9.48. The van der Waals surface area contributed by atoms with Crippen LogP contribution in [0, 0.1) is 5.92 Å². The summed E-state index contributed by atoms with van der Waals surface area (Å²) < 4.78 is 0. The molecular weight excluding hydrogens is 120 g/mol. The van der Waals surface area contributed by atoms with Crippen LogP contribution in [0.5, 0.6) is 0 Å². The Kier molecular flexibility index (Phi) is 5.00. The minimum Gasteiger partial charge on any atom is -0.103 e. The van der Waals surface area contributed by atoms with E-state index in [9.17, 15) is 0 Å². The van der Waals surface area contributed by atoms with E-state index in [1.165, 1.54) is 18.4 Å². The van der Waals surface area contributed by atoms with Gasteiger partial charge in [-0.25, -0.2) is 0 Å². The van der Waals surface area contributed by atoms with E-state index in [4.69, 9.17) is 0 Å². The second kappa shape index (κ2) is 5.28. The van der Waals surface area contributed by atoms with Gasteiger partial charge < -0.3 is 0 Å². The molecule has 0 unspecified atom stereocenters. The minimum atomic E-state index is 0.666. The molecule has 0 radical (unpaired) electrons. The van der Waals surface area contributed by atoms with Crippen LogP contribution in [0.15, 0.2) is 24.8 Å². The lowest BCUT2D eigenvalue weighted by Gasteiger charge is -2.03. The molecule has 0 heteroatoms. The topological polar surface area (TPSA) is 0 Å². The van der Waals surface area contributed by atoms with Gasteiger partial charge in [0.2, 0.25) is 0 Å². The van der Waals surface area contributed by atoms with E-state index < -0.39 is 0 Å². The maximum absolute atomic E-state index is 3.85. The van der Waals surface area contributed by atoms with Crippen molar-refractivity contribution < 1.29 is 0 Å². The van der Waals surface area contributed by atoms with Crippen molar-refractivity contribution in [2.45, 2.75) is 33.1 Å². The smallest absolute Gasteiger partial charge is 0.0265 e. The van der Waals surface area contributed by atoms with Gasteiger partial charge in [-0.3, -0.25) is 0 Å². The van der Waals surface area contributed by atoms with Gasteiger partial charge in [-0.15, -0.1) is 13.2 Å². The van der Waals surface area contributed by atoms with E-state index in [2.05, 4.69) is 27.0 Å². The molecule has 0 saturated carbocycles. The molecular formula is C10H18. The molecule has 0 aliphatic heterocycles. The monoisotopic (exact) mass is 138 g/mol. The van der Waals surface area contributed by atoms with E-state index in [1.807, 2.05) is 6.08 Å². The number of allylic oxidation sites excluding steroid dienone is 2. The van der Waals surface area contributed by atoms with Crippen molar-refractivity contribution in [2.75, 3.05) is 0 Å². The molecule has 10 heavy (non-hydrogen) atoms. The molecule has 0 nitrogen and oxygen atoms in total. The Hall–Kier alpha value is -0.520. The molecule has 0 aliphatic carbocycles. The molecule has 0 bridgehead atoms. The lowest BCUT2D eigenvalue weighted by molar-refractivity contribution is 0.606. The maximum Gasteiger partial charge on any atom is -0.0265 e. The van der Waals surface area contributed by atoms with Crippen molar-refractivity contribution in [2.24, 2.45) is 5.92 Å². The van der Waals surface area contributed by atoms with Crippen LogP contribution in [0.3, 0.4) is 0 Å². The van der Waals surface area contributed by atoms with E-state index in [0.29, 0.717) is 5.92 Å². The molecule has 0 fully saturated rings. The summed E-state index contributed by atoms with van der Waals surface area (Å²) in [6, 6.07) is 0. The summed E-state index contributed by atoms with van der Waals surface area (Å²) in [5.74, 6) is 0.666. The summed E-state index contributed by atoms with van der Waals surface area (Å²) in [5, 5.41) is 0. The molecule has 0 spiro atoms. The molecule has 0 aromatic heterocycles. The highest BCUT2D eigenvalue weighted by Gasteiger charge is 1.94. The maximum atomic E-state index is 3.85. The van der Waals surface area contributed by atoms with Crippen molar-refractivity contribution in [1.29, 1.82) is 0 Å². The number of hydrogen-bond donors (Lipinski definition) is 0. The fourth-order valence-corrected chi connectivity index (χ4v) is 0.844. The Labute approximate surface area is 64.6 Å². The molecule has 0 heterocycles. The third kappa shape index (κ3) is 5.61. The molecule has 0 saturated heterocycles. The van der Waals surface area contributed by atoms with Crippen molar-refractivity contribution in [3.63, 3.8) is 0 Å². The third-order valence-electron chi connectivity index (χ3n) is 1.67. The fourth-order valence-electron chi connectivity index (χ4n) is 0.844. The van der Waals surface area contributed by atoms with Crippen LogP contribution < -0.4 is 0 Å². The van der Waals surface area contributed by atoms with Crippen molar-refractivity contribution in [1.82, 2.24) is 0 Å². The highest BCUT2D eigenvalue weighted by atomic mass is 14.0. The minimum absolute atomic E-state index is 0.666. The van der Waals surface area contributed by atoms with Crippen LogP contribution in [-0.4, -0.2) is 0 Å². The summed E-state index contributed by atoms with van der Waals surface area (Å²) in [4.78, 5) is 0. The van der Waals surface area contributed by atoms with Gasteiger partial charge in [-0.05, 0) is 32.1 Å². The van der Waals surface area contributed by atoms with E-state index in [0.717, 1.165) is 6.42 Å². The second-order valence-electron chi connectivity index (χ2n) is 3.06. The zero-order valence-electron chi connectivity index (χ0n) is 7.19. The van der Waals surface area contributed by atoms with E-state index in [1.54, 1.807) is 0 Å². The predicted octanol–water partition coefficient (Wildman–Crippen LogP) is 3.55. The fraction of sp³-hybridized carbons (Fsp3) is 0.600. The van der Waals surface area contributed by atoms with Crippen LogP contribution in [0.4, 0.5) is 0 Å². The van der Waals surface area contributed by atoms with Gasteiger partial charge in [0.05, 0.1) is 0 Å². The molecule has 0 aromatic carbocycles. The average Bonchev–Trinajstić information content (AvgIpc) is 1.87. The molecule has 58 valence electrons. The molecule has 0 aromatic rings. The Bertz CT molecular complexity index is 111. The Morgan fingerprint density at radius 1 is 1.60 bits per heavy atom. The Morgan fingerprint density at radius 3 is 2.60 bits per heavy atom. The first-order valence-corrected chi connectivity index (χ1v) is 3.93. The highest BCUT2D eigenvalue weighted by Crippen LogP contribution is 2.11. The van der Waals surface area contributed by atoms with Gasteiger partial charge >= 0.3 is 0 Å². The Balaban J connectivity index is 3.19. The zero-order chi connectivity index (χ0) is 7.98. The standard InChI is InChI=1S/C10H18/c1-5-10(4)8-6-7-9(2)3/h5,10H,1-2,6-8H2,3-4H3/t10-/m1/s1. The van der Waals surface area contributed by atoms with Crippen molar-refractivity contribution in [3.8, 4) is 0 Å². The summed E-state index contributed by atoms with van der Waals surface area (Å²) in [5.41, 5.74) is 1.29. The first-order valence-electron chi connectivity index (χ1n) is 3.93. The van der Waals surface area contributed by atoms with Gasteiger partial charge in [-0.2, -0.15) is 0 Å². The quantitative estimate of drug-likeness (QED) is 0.510. The molecule has 0 aliphatic rings. The summed E-state index contributed by atoms with van der Waals surface area (Å²) in [6.07, 6.45) is 5.68. The summed E-state index contributed by atoms with van der Waals surface area (Å²) >= 11 is 0. The number of hydrogen-bond acceptors (Lipinski definition) is 0. The third-order valence-corrected chi connectivity index (χ3v) is 1.67. The van der Waals surface area contributed by atoms with Crippen LogP contribution in [-0.2, 0) is 0 Å². The average molecular weight is 138 g/mol. The van der Waals surface area contributed by atoms with Crippen LogP contribution in [0.25, 0.3) is 0 Å². The van der Waals surface area contributed by atoms with Crippen molar-refractivity contribution >= 4 is 0 Å². The lowest BCUT2D eigenvalue weighted by Crippen LogP contribution is -1.88. The van der Waals surface area contributed by atoms with E-state index >= 15 is 0 Å². The van der Waals surface area contributed by atoms with Crippen molar-refractivity contribution in [3.05, 3.63) is 24.8 Å². The van der Waals surface area contributed by atoms with Gasteiger partial charge in [0.1, 0.15) is 0 Å². The Morgan fingerprint density at radius 2 is 2.20 bits per heavy atom. The normalized spacial score (nSPS) is 12.6. The zero-order valence-corrected chi connectivity index (χ0v) is 7.19. The van der Waals surface area contributed by atoms with Gasteiger partial charge in [0, 0.05) is 0 Å².